The van der Waals surface area contributed by atoms with Crippen molar-refractivity contribution in [1.82, 2.24) is 9.97 Å². The molecule has 1 rings (SSSR count). The third-order valence-electron chi connectivity index (χ3n) is 1.75. The van der Waals surface area contributed by atoms with Gasteiger partial charge in [-0.05, 0) is 13.8 Å². The molecule has 0 radical (unpaired) electrons. The molecule has 0 unspecified atom stereocenters. The molecule has 1 heterocycles. The first-order valence-electron chi connectivity index (χ1n) is 4.22. The number of nitrogens with two attached hydrogens (primary N) is 1. The minimum Gasteiger partial charge on any atom is -0.383 e. The second-order valence-electron chi connectivity index (χ2n) is 2.59. The fourth-order valence-corrected chi connectivity index (χ4v) is 1.26. The van der Waals surface area contributed by atoms with Crippen LogP contribution < -0.4 is 10.6 Å². The van der Waals surface area contributed by atoms with Gasteiger partial charge in [0.05, 0.1) is 0 Å². The van der Waals surface area contributed by atoms with Crippen LogP contribution in [0.3, 0.4) is 0 Å². The first-order chi connectivity index (χ1) is 6.17. The van der Waals surface area contributed by atoms with Crippen LogP contribution in [0.5, 0.6) is 0 Å². The van der Waals surface area contributed by atoms with Crippen LogP contribution in [0.2, 0.25) is 5.15 Å². The highest BCUT2D eigenvalue weighted by Crippen LogP contribution is 2.14. The summed E-state index contributed by atoms with van der Waals surface area (Å²) in [4.78, 5) is 10.1. The first-order valence-corrected chi connectivity index (χ1v) is 4.60. The summed E-state index contributed by atoms with van der Waals surface area (Å²) in [6, 6.07) is 1.54. The summed E-state index contributed by atoms with van der Waals surface area (Å²) in [5.41, 5.74) is 5.54. The van der Waals surface area contributed by atoms with Crippen molar-refractivity contribution in [3.05, 3.63) is 11.2 Å². The Morgan fingerprint density at radius 3 is 2.46 bits per heavy atom. The summed E-state index contributed by atoms with van der Waals surface area (Å²) in [5, 5.41) is 0.384. The van der Waals surface area contributed by atoms with Gasteiger partial charge in [-0.25, -0.2) is 4.98 Å². The molecule has 0 fully saturated rings. The normalized spacial score (nSPS) is 10.1. The Kier molecular flexibility index (Phi) is 3.31. The molecule has 0 amide bonds. The van der Waals surface area contributed by atoms with Crippen LogP contribution in [0.15, 0.2) is 6.07 Å². The highest BCUT2D eigenvalue weighted by atomic mass is 35.5. The lowest BCUT2D eigenvalue weighted by Crippen LogP contribution is -2.24. The van der Waals surface area contributed by atoms with Crippen LogP contribution in [0.25, 0.3) is 0 Å². The summed E-state index contributed by atoms with van der Waals surface area (Å²) >= 11 is 5.75. The van der Waals surface area contributed by atoms with E-state index in [0.717, 1.165) is 13.1 Å². The maximum atomic E-state index is 5.75. The summed E-state index contributed by atoms with van der Waals surface area (Å²) in [6.07, 6.45) is 0. The van der Waals surface area contributed by atoms with Gasteiger partial charge in [0.15, 0.2) is 0 Å². The van der Waals surface area contributed by atoms with Crippen molar-refractivity contribution in [2.75, 3.05) is 23.7 Å². The molecule has 5 heteroatoms. The number of nitrogen functional groups attached to an aromatic ring is 1. The van der Waals surface area contributed by atoms with Crippen LogP contribution in [0, 0.1) is 0 Å². The van der Waals surface area contributed by atoms with Crippen LogP contribution in [-0.2, 0) is 0 Å². The summed E-state index contributed by atoms with van der Waals surface area (Å²) in [6.45, 7) is 5.75. The van der Waals surface area contributed by atoms with E-state index in [1.807, 2.05) is 18.7 Å². The molecule has 0 saturated carbocycles. The third-order valence-corrected chi connectivity index (χ3v) is 1.94. The zero-order chi connectivity index (χ0) is 9.84. The molecule has 0 aliphatic carbocycles. The predicted molar refractivity (Wildman–Crippen MR) is 55.0 cm³/mol. The highest BCUT2D eigenvalue weighted by molar-refractivity contribution is 6.29. The molecule has 0 bridgehead atoms. The van der Waals surface area contributed by atoms with E-state index in [-0.39, 0.29) is 0 Å². The fourth-order valence-electron chi connectivity index (χ4n) is 1.07. The maximum absolute atomic E-state index is 5.75. The van der Waals surface area contributed by atoms with Gasteiger partial charge in [-0.1, -0.05) is 11.6 Å². The summed E-state index contributed by atoms with van der Waals surface area (Å²) in [7, 11) is 0. The molecule has 13 heavy (non-hydrogen) atoms. The predicted octanol–water partition coefficient (Wildman–Crippen LogP) is 1.56. The number of anilines is 2. The Morgan fingerprint density at radius 2 is 2.00 bits per heavy atom. The monoisotopic (exact) mass is 200 g/mol. The van der Waals surface area contributed by atoms with Gasteiger partial charge in [-0.3, -0.25) is 0 Å². The molecule has 2 N–H and O–H groups in total. The topological polar surface area (TPSA) is 55.0 Å². The second-order valence-corrected chi connectivity index (χ2v) is 2.98. The molecule has 0 saturated heterocycles. The Hall–Kier alpha value is -1.03. The third kappa shape index (κ3) is 2.45. The van der Waals surface area contributed by atoms with Crippen LogP contribution in [0.4, 0.5) is 11.8 Å². The Labute approximate surface area is 82.7 Å². The fraction of sp³-hybridized carbons (Fsp3) is 0.500. The Balaban J connectivity index is 2.99. The molecule has 0 aromatic carbocycles. The molecular formula is C8H13ClN4. The Morgan fingerprint density at radius 1 is 1.38 bits per heavy atom. The van der Waals surface area contributed by atoms with Crippen LogP contribution >= 0.6 is 11.6 Å². The van der Waals surface area contributed by atoms with Crippen molar-refractivity contribution in [3.63, 3.8) is 0 Å². The molecule has 0 aliphatic rings. The van der Waals surface area contributed by atoms with Crippen molar-refractivity contribution in [2.45, 2.75) is 13.8 Å². The van der Waals surface area contributed by atoms with Crippen molar-refractivity contribution in [1.29, 1.82) is 0 Å². The molecule has 0 spiro atoms. The summed E-state index contributed by atoms with van der Waals surface area (Å²) in [5.74, 6) is 0.997. The minimum absolute atomic E-state index is 0.384. The van der Waals surface area contributed by atoms with E-state index in [2.05, 4.69) is 9.97 Å². The maximum Gasteiger partial charge on any atom is 0.228 e. The second kappa shape index (κ2) is 4.28. The van der Waals surface area contributed by atoms with E-state index >= 15 is 0 Å². The van der Waals surface area contributed by atoms with Gasteiger partial charge in [0, 0.05) is 19.2 Å². The average Bonchev–Trinajstić information content (AvgIpc) is 2.04. The number of nitrogens with zero attached hydrogens (tertiary/aromatic N) is 3. The van der Waals surface area contributed by atoms with E-state index < -0.39 is 0 Å². The van der Waals surface area contributed by atoms with Crippen LogP contribution in [-0.4, -0.2) is 23.1 Å². The number of rotatable bonds is 3. The minimum atomic E-state index is 0.384. The molecule has 1 aromatic rings. The lowest BCUT2D eigenvalue weighted by atomic mass is 10.5. The van der Waals surface area contributed by atoms with Gasteiger partial charge in [-0.2, -0.15) is 4.98 Å². The van der Waals surface area contributed by atoms with E-state index in [9.17, 15) is 0 Å². The number of aromatic nitrogens is 2. The lowest BCUT2D eigenvalue weighted by Gasteiger charge is -2.18. The molecule has 0 atom stereocenters. The van der Waals surface area contributed by atoms with Crippen molar-refractivity contribution < 1.29 is 0 Å². The largest absolute Gasteiger partial charge is 0.383 e. The highest BCUT2D eigenvalue weighted by Gasteiger charge is 2.06. The van der Waals surface area contributed by atoms with E-state index in [1.165, 1.54) is 6.07 Å². The number of hydrogen-bond acceptors (Lipinski definition) is 4. The Bertz CT molecular complexity index is 265. The number of halogens is 1. The zero-order valence-corrected chi connectivity index (χ0v) is 8.54. The van der Waals surface area contributed by atoms with Gasteiger partial charge in [0.2, 0.25) is 5.95 Å². The van der Waals surface area contributed by atoms with Crippen molar-refractivity contribution >= 4 is 23.4 Å². The molecule has 4 nitrogen and oxygen atoms in total. The smallest absolute Gasteiger partial charge is 0.228 e. The zero-order valence-electron chi connectivity index (χ0n) is 7.79. The van der Waals surface area contributed by atoms with E-state index in [0.29, 0.717) is 16.9 Å². The van der Waals surface area contributed by atoms with Gasteiger partial charge in [0.25, 0.3) is 0 Å². The average molecular weight is 201 g/mol. The molecular weight excluding hydrogens is 188 g/mol. The van der Waals surface area contributed by atoms with Crippen molar-refractivity contribution in [2.24, 2.45) is 0 Å². The van der Waals surface area contributed by atoms with Crippen molar-refractivity contribution in [3.8, 4) is 0 Å². The number of hydrogen-bond donors (Lipinski definition) is 1. The van der Waals surface area contributed by atoms with Gasteiger partial charge >= 0.3 is 0 Å². The van der Waals surface area contributed by atoms with Gasteiger partial charge in [-0.15, -0.1) is 0 Å². The van der Waals surface area contributed by atoms with Gasteiger partial charge < -0.3 is 10.6 Å². The first kappa shape index (κ1) is 10.1. The molecule has 0 aliphatic heterocycles. The van der Waals surface area contributed by atoms with E-state index in [1.54, 1.807) is 0 Å². The van der Waals surface area contributed by atoms with Crippen LogP contribution in [0.1, 0.15) is 13.8 Å². The summed E-state index contributed by atoms with van der Waals surface area (Å²) < 4.78 is 0. The van der Waals surface area contributed by atoms with Gasteiger partial charge in [0.1, 0.15) is 11.0 Å². The lowest BCUT2D eigenvalue weighted by molar-refractivity contribution is 0.823. The molecule has 72 valence electrons. The molecule has 1 aromatic heterocycles. The quantitative estimate of drug-likeness (QED) is 0.753. The SMILES string of the molecule is CCN(CC)c1nc(N)cc(Cl)n1. The standard InChI is InChI=1S/C8H13ClN4/c1-3-13(4-2)8-11-6(9)5-7(10)12-8/h5H,3-4H2,1-2H3,(H2,10,11,12). The van der Waals surface area contributed by atoms with E-state index in [4.69, 9.17) is 17.3 Å².